The molecule has 0 aliphatic rings. The van der Waals surface area contributed by atoms with Crippen LogP contribution in [0.2, 0.25) is 0 Å². The number of hydrogen-bond acceptors (Lipinski definition) is 5. The maximum atomic E-state index is 5.95. The van der Waals surface area contributed by atoms with E-state index < -0.39 is 0 Å². The Kier molecular flexibility index (Phi) is 6.85. The number of nitrogens with two attached hydrogens (primary N) is 1. The minimum absolute atomic E-state index is 0.0653. The van der Waals surface area contributed by atoms with Gasteiger partial charge in [-0.2, -0.15) is 0 Å². The van der Waals surface area contributed by atoms with Crippen LogP contribution < -0.4 is 20.5 Å². The van der Waals surface area contributed by atoms with E-state index in [1.165, 1.54) is 0 Å². The van der Waals surface area contributed by atoms with Gasteiger partial charge >= 0.3 is 0 Å². The Labute approximate surface area is 159 Å². The fraction of sp³-hybridized carbons (Fsp3) is 0.474. The molecule has 26 heavy (non-hydrogen) atoms. The predicted molar refractivity (Wildman–Crippen MR) is 107 cm³/mol. The molecule has 1 aromatic carbocycles. The summed E-state index contributed by atoms with van der Waals surface area (Å²) in [4.78, 5) is 8.98. The Hall–Kier alpha value is -2.28. The van der Waals surface area contributed by atoms with E-state index in [2.05, 4.69) is 36.1 Å². The molecule has 2 rings (SSSR count). The number of thiazole rings is 1. The van der Waals surface area contributed by atoms with Crippen molar-refractivity contribution in [1.29, 1.82) is 0 Å². The molecule has 142 valence electrons. The molecule has 6 nitrogen and oxygen atoms in total. The quantitative estimate of drug-likeness (QED) is 0.573. The summed E-state index contributed by atoms with van der Waals surface area (Å²) in [5.41, 5.74) is 8.10. The van der Waals surface area contributed by atoms with E-state index in [9.17, 15) is 0 Å². The zero-order valence-electron chi connectivity index (χ0n) is 16.1. The van der Waals surface area contributed by atoms with Gasteiger partial charge in [0.1, 0.15) is 0 Å². The summed E-state index contributed by atoms with van der Waals surface area (Å²) in [5.74, 6) is 1.88. The SMILES string of the molecule is COc1ccc(CCNC(N)=NCc2csc(C(C)(C)C)n2)cc1OC. The molecule has 0 amide bonds. The molecule has 0 bridgehead atoms. The molecule has 0 atom stereocenters. The monoisotopic (exact) mass is 376 g/mol. The fourth-order valence-electron chi connectivity index (χ4n) is 2.32. The Bertz CT molecular complexity index is 750. The molecule has 0 aliphatic heterocycles. The van der Waals surface area contributed by atoms with Crippen LogP contribution in [-0.2, 0) is 18.4 Å². The molecule has 2 aromatic rings. The van der Waals surface area contributed by atoms with E-state index in [4.69, 9.17) is 15.2 Å². The van der Waals surface area contributed by atoms with Gasteiger partial charge in [0.2, 0.25) is 0 Å². The van der Waals surface area contributed by atoms with Gasteiger partial charge in [-0.1, -0.05) is 26.8 Å². The molecule has 0 saturated carbocycles. The number of ether oxygens (including phenoxy) is 2. The highest BCUT2D eigenvalue weighted by molar-refractivity contribution is 7.09. The number of benzene rings is 1. The first-order valence-corrected chi connectivity index (χ1v) is 9.41. The second-order valence-corrected chi connectivity index (χ2v) is 7.82. The van der Waals surface area contributed by atoms with Crippen molar-refractivity contribution in [2.24, 2.45) is 10.7 Å². The second-order valence-electron chi connectivity index (χ2n) is 6.96. The normalized spacial score (nSPS) is 12.1. The van der Waals surface area contributed by atoms with Gasteiger partial charge in [0, 0.05) is 17.3 Å². The molecular formula is C19H28N4O2S. The summed E-state index contributed by atoms with van der Waals surface area (Å²) in [6, 6.07) is 5.89. The van der Waals surface area contributed by atoms with Crippen molar-refractivity contribution in [2.75, 3.05) is 20.8 Å². The molecule has 1 heterocycles. The van der Waals surface area contributed by atoms with Gasteiger partial charge in [-0.3, -0.25) is 0 Å². The summed E-state index contributed by atoms with van der Waals surface area (Å²) in [6.45, 7) is 7.64. The molecule has 0 spiro atoms. The lowest BCUT2D eigenvalue weighted by Gasteiger charge is -2.13. The second kappa shape index (κ2) is 8.89. The average Bonchev–Trinajstić information content (AvgIpc) is 3.09. The van der Waals surface area contributed by atoms with E-state index in [1.807, 2.05) is 23.6 Å². The number of aliphatic imine (C=N–C) groups is 1. The first-order valence-electron chi connectivity index (χ1n) is 8.53. The van der Waals surface area contributed by atoms with Gasteiger partial charge in [-0.15, -0.1) is 11.3 Å². The fourth-order valence-corrected chi connectivity index (χ4v) is 3.22. The summed E-state index contributed by atoms with van der Waals surface area (Å²) in [7, 11) is 3.26. The van der Waals surface area contributed by atoms with Crippen LogP contribution in [-0.4, -0.2) is 31.7 Å². The summed E-state index contributed by atoms with van der Waals surface area (Å²) in [5, 5.41) is 6.29. The number of guanidine groups is 1. The van der Waals surface area contributed by atoms with Crippen molar-refractivity contribution in [1.82, 2.24) is 10.3 Å². The van der Waals surface area contributed by atoms with Gasteiger partial charge in [0.15, 0.2) is 17.5 Å². The van der Waals surface area contributed by atoms with Crippen LogP contribution >= 0.6 is 11.3 Å². The van der Waals surface area contributed by atoms with E-state index in [0.29, 0.717) is 19.0 Å². The zero-order valence-corrected chi connectivity index (χ0v) is 16.9. The highest BCUT2D eigenvalue weighted by Gasteiger charge is 2.17. The first-order chi connectivity index (χ1) is 12.3. The van der Waals surface area contributed by atoms with Crippen molar-refractivity contribution in [3.05, 3.63) is 39.8 Å². The molecule has 0 unspecified atom stereocenters. The molecule has 0 fully saturated rings. The van der Waals surface area contributed by atoms with Gasteiger partial charge < -0.3 is 20.5 Å². The molecular weight excluding hydrogens is 348 g/mol. The molecule has 0 saturated heterocycles. The van der Waals surface area contributed by atoms with Crippen LogP contribution in [0.3, 0.4) is 0 Å². The van der Waals surface area contributed by atoms with Crippen molar-refractivity contribution in [2.45, 2.75) is 39.2 Å². The lowest BCUT2D eigenvalue weighted by atomic mass is 9.98. The molecule has 0 radical (unpaired) electrons. The van der Waals surface area contributed by atoms with Crippen LogP contribution in [0, 0.1) is 0 Å². The summed E-state index contributed by atoms with van der Waals surface area (Å²) in [6.07, 6.45) is 0.807. The van der Waals surface area contributed by atoms with Gasteiger partial charge in [-0.05, 0) is 24.1 Å². The number of rotatable bonds is 7. The molecule has 3 N–H and O–H groups in total. The summed E-state index contributed by atoms with van der Waals surface area (Å²) >= 11 is 1.67. The van der Waals surface area contributed by atoms with Crippen LogP contribution in [0.1, 0.15) is 37.0 Å². The van der Waals surface area contributed by atoms with Crippen molar-refractivity contribution in [3.63, 3.8) is 0 Å². The molecule has 1 aromatic heterocycles. The van der Waals surface area contributed by atoms with E-state index in [-0.39, 0.29) is 5.41 Å². The predicted octanol–water partition coefficient (Wildman–Crippen LogP) is 3.10. The van der Waals surface area contributed by atoms with Crippen LogP contribution in [0.15, 0.2) is 28.6 Å². The largest absolute Gasteiger partial charge is 0.493 e. The third-order valence-electron chi connectivity index (χ3n) is 3.77. The van der Waals surface area contributed by atoms with Crippen molar-refractivity contribution >= 4 is 17.3 Å². The summed E-state index contributed by atoms with van der Waals surface area (Å²) < 4.78 is 10.6. The number of methoxy groups -OCH3 is 2. The topological polar surface area (TPSA) is 81.8 Å². The third-order valence-corrected chi connectivity index (χ3v) is 5.09. The van der Waals surface area contributed by atoms with Crippen LogP contribution in [0.25, 0.3) is 0 Å². The lowest BCUT2D eigenvalue weighted by molar-refractivity contribution is 0.354. The van der Waals surface area contributed by atoms with Crippen LogP contribution in [0.5, 0.6) is 11.5 Å². The number of nitrogens with one attached hydrogen (secondary N) is 1. The molecule has 0 aliphatic carbocycles. The Morgan fingerprint density at radius 1 is 1.23 bits per heavy atom. The Balaban J connectivity index is 1.84. The zero-order chi connectivity index (χ0) is 19.2. The average molecular weight is 377 g/mol. The smallest absolute Gasteiger partial charge is 0.188 e. The highest BCUT2D eigenvalue weighted by Crippen LogP contribution is 2.27. The standard InChI is InChI=1S/C19H28N4O2S/c1-19(2,3)17-23-14(12-26-17)11-22-18(20)21-9-8-13-6-7-15(24-4)16(10-13)25-5/h6-7,10,12H,8-9,11H2,1-5H3,(H3,20,21,22). The maximum absolute atomic E-state index is 5.95. The van der Waals surface area contributed by atoms with Crippen molar-refractivity contribution in [3.8, 4) is 11.5 Å². The minimum Gasteiger partial charge on any atom is -0.493 e. The first kappa shape index (κ1) is 20.0. The third kappa shape index (κ3) is 5.62. The van der Waals surface area contributed by atoms with Crippen LogP contribution in [0.4, 0.5) is 0 Å². The Morgan fingerprint density at radius 3 is 2.58 bits per heavy atom. The minimum atomic E-state index is 0.0653. The number of aromatic nitrogens is 1. The number of hydrogen-bond donors (Lipinski definition) is 2. The maximum Gasteiger partial charge on any atom is 0.188 e. The van der Waals surface area contributed by atoms with E-state index in [0.717, 1.165) is 34.2 Å². The van der Waals surface area contributed by atoms with Crippen molar-refractivity contribution < 1.29 is 9.47 Å². The lowest BCUT2D eigenvalue weighted by Crippen LogP contribution is -2.33. The van der Waals surface area contributed by atoms with Gasteiger partial charge in [-0.25, -0.2) is 9.98 Å². The Morgan fingerprint density at radius 2 is 1.96 bits per heavy atom. The molecule has 7 heteroatoms. The highest BCUT2D eigenvalue weighted by atomic mass is 32.1. The van der Waals surface area contributed by atoms with Gasteiger partial charge in [0.25, 0.3) is 0 Å². The number of nitrogens with zero attached hydrogens (tertiary/aromatic N) is 2. The van der Waals surface area contributed by atoms with E-state index >= 15 is 0 Å². The van der Waals surface area contributed by atoms with Gasteiger partial charge in [0.05, 0.1) is 31.5 Å². The van der Waals surface area contributed by atoms with E-state index in [1.54, 1.807) is 25.6 Å².